The van der Waals surface area contributed by atoms with E-state index in [-0.39, 0.29) is 23.8 Å². The molecule has 1 aromatic heterocycles. The third-order valence-electron chi connectivity index (χ3n) is 3.78. The number of ether oxygens (including phenoxy) is 1. The van der Waals surface area contributed by atoms with Gasteiger partial charge in [0.25, 0.3) is 0 Å². The molecular weight excluding hydrogens is 414 g/mol. The zero-order chi connectivity index (χ0) is 20.8. The quantitative estimate of drug-likeness (QED) is 0.335. The molecule has 0 aliphatic carbocycles. The van der Waals surface area contributed by atoms with Crippen molar-refractivity contribution in [1.82, 2.24) is 14.9 Å². The van der Waals surface area contributed by atoms with Crippen LogP contribution in [0.5, 0.6) is 0 Å². The van der Waals surface area contributed by atoms with Gasteiger partial charge >= 0.3 is 5.97 Å². The summed E-state index contributed by atoms with van der Waals surface area (Å²) < 4.78 is 6.31. The molecule has 0 aliphatic rings. The summed E-state index contributed by atoms with van der Waals surface area (Å²) in [4.78, 5) is 24.4. The fraction of sp³-hybridized carbons (Fsp3) is 0.158. The van der Waals surface area contributed by atoms with Crippen molar-refractivity contribution in [3.63, 3.8) is 0 Å². The summed E-state index contributed by atoms with van der Waals surface area (Å²) in [5.74, 6) is 5.70. The first-order valence-electron chi connectivity index (χ1n) is 8.64. The second-order valence-corrected chi connectivity index (χ2v) is 7.17. The summed E-state index contributed by atoms with van der Waals surface area (Å²) in [6, 6.07) is 13.7. The van der Waals surface area contributed by atoms with Gasteiger partial charge in [-0.05, 0) is 31.2 Å². The van der Waals surface area contributed by atoms with Crippen LogP contribution in [0.4, 0.5) is 5.69 Å². The highest BCUT2D eigenvalue weighted by atomic mass is 35.5. The van der Waals surface area contributed by atoms with Crippen LogP contribution in [-0.4, -0.2) is 39.1 Å². The molecule has 0 saturated heterocycles. The average molecular weight is 432 g/mol. The van der Waals surface area contributed by atoms with Crippen molar-refractivity contribution in [1.29, 1.82) is 0 Å². The lowest BCUT2D eigenvalue weighted by Gasteiger charge is -2.10. The number of rotatable bonds is 7. The molecule has 0 saturated carbocycles. The Hall–Kier alpha value is -3.04. The monoisotopic (exact) mass is 431 g/mol. The molecule has 2 aromatic carbocycles. The van der Waals surface area contributed by atoms with E-state index in [1.54, 1.807) is 49.4 Å². The summed E-state index contributed by atoms with van der Waals surface area (Å²) in [6.45, 7) is 1.97. The Labute approximate surface area is 176 Å². The third kappa shape index (κ3) is 5.07. The molecule has 10 heteroatoms. The number of nitrogen functional groups attached to an aromatic ring is 1. The van der Waals surface area contributed by atoms with Gasteiger partial charge in [-0.2, -0.15) is 0 Å². The van der Waals surface area contributed by atoms with Crippen molar-refractivity contribution in [2.75, 3.05) is 23.5 Å². The molecule has 3 N–H and O–H groups in total. The lowest BCUT2D eigenvalue weighted by Crippen LogP contribution is -2.18. The lowest BCUT2D eigenvalue weighted by molar-refractivity contribution is -0.113. The van der Waals surface area contributed by atoms with E-state index >= 15 is 0 Å². The minimum absolute atomic E-state index is 0.0298. The molecular formula is C19H18ClN5O3S. The van der Waals surface area contributed by atoms with Crippen LogP contribution in [0.15, 0.2) is 53.7 Å². The van der Waals surface area contributed by atoms with Gasteiger partial charge < -0.3 is 15.9 Å². The Bertz CT molecular complexity index is 1040. The highest BCUT2D eigenvalue weighted by Crippen LogP contribution is 2.24. The number of nitrogens with zero attached hydrogens (tertiary/aromatic N) is 3. The Morgan fingerprint density at radius 1 is 1.21 bits per heavy atom. The second-order valence-electron chi connectivity index (χ2n) is 5.79. The number of nitrogens with one attached hydrogen (secondary N) is 1. The molecule has 0 fully saturated rings. The lowest BCUT2D eigenvalue weighted by atomic mass is 10.2. The van der Waals surface area contributed by atoms with Crippen molar-refractivity contribution in [3.05, 3.63) is 59.1 Å². The van der Waals surface area contributed by atoms with Crippen molar-refractivity contribution in [2.45, 2.75) is 12.1 Å². The van der Waals surface area contributed by atoms with E-state index in [1.807, 2.05) is 6.07 Å². The highest BCUT2D eigenvalue weighted by molar-refractivity contribution is 7.99. The number of para-hydroxylation sites is 1. The molecule has 0 bridgehead atoms. The van der Waals surface area contributed by atoms with Gasteiger partial charge in [-0.15, -0.1) is 10.2 Å². The Balaban J connectivity index is 1.66. The minimum Gasteiger partial charge on any atom is -0.462 e. The standard InChI is InChI=1S/C19H18ClN5O3S/c1-2-28-18(27)14-8-3-4-9-15(14)22-16(26)11-29-19-24-23-17(25(19)21)12-6-5-7-13(20)10-12/h3-10H,2,11,21H2,1H3,(H,22,26). The molecule has 0 spiro atoms. The van der Waals surface area contributed by atoms with Crippen LogP contribution in [0, 0.1) is 0 Å². The molecule has 1 amide bonds. The van der Waals surface area contributed by atoms with Crippen molar-refractivity contribution >= 4 is 40.9 Å². The van der Waals surface area contributed by atoms with Crippen LogP contribution in [0.1, 0.15) is 17.3 Å². The van der Waals surface area contributed by atoms with Crippen LogP contribution >= 0.6 is 23.4 Å². The van der Waals surface area contributed by atoms with Crippen LogP contribution in [0.25, 0.3) is 11.4 Å². The number of benzene rings is 2. The van der Waals surface area contributed by atoms with Crippen LogP contribution in [0.3, 0.4) is 0 Å². The fourth-order valence-corrected chi connectivity index (χ4v) is 3.34. The summed E-state index contributed by atoms with van der Waals surface area (Å²) in [5, 5.41) is 11.7. The SMILES string of the molecule is CCOC(=O)c1ccccc1NC(=O)CSc1nnc(-c2cccc(Cl)c2)n1N. The molecule has 3 rings (SSSR count). The normalized spacial score (nSPS) is 10.6. The number of hydrogen-bond acceptors (Lipinski definition) is 7. The zero-order valence-corrected chi connectivity index (χ0v) is 17.0. The van der Waals surface area contributed by atoms with Gasteiger partial charge in [-0.25, -0.2) is 9.47 Å². The van der Waals surface area contributed by atoms with Gasteiger partial charge in [0.2, 0.25) is 11.1 Å². The molecule has 29 heavy (non-hydrogen) atoms. The summed E-state index contributed by atoms with van der Waals surface area (Å²) >= 11 is 7.12. The van der Waals surface area contributed by atoms with E-state index in [2.05, 4.69) is 15.5 Å². The first-order valence-corrected chi connectivity index (χ1v) is 10.0. The van der Waals surface area contributed by atoms with E-state index < -0.39 is 5.97 Å². The van der Waals surface area contributed by atoms with Gasteiger partial charge in [0.05, 0.1) is 23.6 Å². The van der Waals surface area contributed by atoms with Gasteiger partial charge in [0, 0.05) is 10.6 Å². The number of halogens is 1. The first kappa shape index (κ1) is 20.7. The van der Waals surface area contributed by atoms with Crippen LogP contribution in [0.2, 0.25) is 5.02 Å². The first-order chi connectivity index (χ1) is 14.0. The van der Waals surface area contributed by atoms with E-state index in [0.717, 1.165) is 11.8 Å². The highest BCUT2D eigenvalue weighted by Gasteiger charge is 2.16. The number of carbonyl (C=O) groups excluding carboxylic acids is 2. The molecule has 0 atom stereocenters. The van der Waals surface area contributed by atoms with Gasteiger partial charge in [-0.1, -0.05) is 47.6 Å². The van der Waals surface area contributed by atoms with E-state index in [4.69, 9.17) is 22.2 Å². The van der Waals surface area contributed by atoms with Crippen molar-refractivity contribution in [2.24, 2.45) is 0 Å². The molecule has 150 valence electrons. The number of esters is 1. The number of carbonyl (C=O) groups is 2. The van der Waals surface area contributed by atoms with E-state index in [9.17, 15) is 9.59 Å². The zero-order valence-electron chi connectivity index (χ0n) is 15.5. The Kier molecular flexibility index (Phi) is 6.73. The molecule has 0 aliphatic heterocycles. The van der Waals surface area contributed by atoms with Gasteiger partial charge in [0.15, 0.2) is 5.82 Å². The number of nitrogens with two attached hydrogens (primary N) is 1. The maximum Gasteiger partial charge on any atom is 0.340 e. The Morgan fingerprint density at radius 2 is 2.00 bits per heavy atom. The number of thioether (sulfide) groups is 1. The number of hydrogen-bond donors (Lipinski definition) is 2. The molecule has 0 unspecified atom stereocenters. The summed E-state index contributed by atoms with van der Waals surface area (Å²) in [5.41, 5.74) is 1.38. The third-order valence-corrected chi connectivity index (χ3v) is 4.95. The van der Waals surface area contributed by atoms with Crippen molar-refractivity contribution in [3.8, 4) is 11.4 Å². The fourth-order valence-electron chi connectivity index (χ4n) is 2.50. The van der Waals surface area contributed by atoms with Gasteiger partial charge in [-0.3, -0.25) is 4.79 Å². The Morgan fingerprint density at radius 3 is 2.76 bits per heavy atom. The molecule has 8 nitrogen and oxygen atoms in total. The van der Waals surface area contributed by atoms with Crippen LogP contribution < -0.4 is 11.2 Å². The largest absolute Gasteiger partial charge is 0.462 e. The summed E-state index contributed by atoms with van der Waals surface area (Å²) in [6.07, 6.45) is 0. The smallest absolute Gasteiger partial charge is 0.340 e. The minimum atomic E-state index is -0.496. The molecule has 0 radical (unpaired) electrons. The van der Waals surface area contributed by atoms with Crippen LogP contribution in [-0.2, 0) is 9.53 Å². The topological polar surface area (TPSA) is 112 Å². The number of aromatic nitrogens is 3. The van der Waals surface area contributed by atoms with E-state index in [0.29, 0.717) is 27.3 Å². The summed E-state index contributed by atoms with van der Waals surface area (Å²) in [7, 11) is 0. The average Bonchev–Trinajstić information content (AvgIpc) is 3.07. The maximum absolute atomic E-state index is 12.4. The predicted molar refractivity (Wildman–Crippen MR) is 112 cm³/mol. The predicted octanol–water partition coefficient (Wildman–Crippen LogP) is 3.22. The molecule has 3 aromatic rings. The second kappa shape index (κ2) is 9.44. The van der Waals surface area contributed by atoms with Crippen molar-refractivity contribution < 1.29 is 14.3 Å². The van der Waals surface area contributed by atoms with Gasteiger partial charge in [0.1, 0.15) is 0 Å². The number of anilines is 1. The maximum atomic E-state index is 12.4. The van der Waals surface area contributed by atoms with E-state index in [1.165, 1.54) is 4.68 Å². The number of amides is 1. The molecule has 1 heterocycles.